The highest BCUT2D eigenvalue weighted by molar-refractivity contribution is 6.26. The number of anilines is 3. The van der Waals surface area contributed by atoms with Gasteiger partial charge < -0.3 is 9.32 Å². The van der Waals surface area contributed by atoms with Gasteiger partial charge in [0, 0.05) is 33.4 Å². The zero-order chi connectivity index (χ0) is 41.0. The van der Waals surface area contributed by atoms with Gasteiger partial charge in [-0.25, -0.2) is 0 Å². The first-order valence-electron chi connectivity index (χ1n) is 21.2. The van der Waals surface area contributed by atoms with Gasteiger partial charge in [-0.05, 0) is 120 Å². The van der Waals surface area contributed by atoms with Crippen molar-refractivity contribution in [3.05, 3.63) is 237 Å². The molecule has 0 aliphatic carbocycles. The molecule has 0 amide bonds. The van der Waals surface area contributed by atoms with Crippen molar-refractivity contribution in [2.24, 2.45) is 0 Å². The smallest absolute Gasteiger partial charge is 0.143 e. The molecule has 290 valence electrons. The van der Waals surface area contributed by atoms with E-state index in [-0.39, 0.29) is 0 Å². The van der Waals surface area contributed by atoms with Crippen LogP contribution in [-0.4, -0.2) is 0 Å². The second-order valence-electron chi connectivity index (χ2n) is 16.0. The van der Waals surface area contributed by atoms with E-state index in [1.54, 1.807) is 0 Å². The highest BCUT2D eigenvalue weighted by Crippen LogP contribution is 2.45. The number of fused-ring (bicyclic) bond motifs is 9. The zero-order valence-corrected chi connectivity index (χ0v) is 33.9. The lowest BCUT2D eigenvalue weighted by Gasteiger charge is -2.27. The molecule has 12 aromatic rings. The van der Waals surface area contributed by atoms with Crippen LogP contribution >= 0.6 is 0 Å². The van der Waals surface area contributed by atoms with Crippen LogP contribution in [0.5, 0.6) is 0 Å². The average molecular weight is 790 g/mol. The highest BCUT2D eigenvalue weighted by atomic mass is 16.3. The minimum absolute atomic E-state index is 0.891. The molecular weight excluding hydrogens is 751 g/mol. The summed E-state index contributed by atoms with van der Waals surface area (Å²) in [4.78, 5) is 2.38. The van der Waals surface area contributed by atoms with Crippen LogP contribution in [0.3, 0.4) is 0 Å². The molecule has 0 aliphatic rings. The molecule has 2 heteroatoms. The van der Waals surface area contributed by atoms with Gasteiger partial charge in [0.15, 0.2) is 0 Å². The summed E-state index contributed by atoms with van der Waals surface area (Å²) in [6.45, 7) is 0. The van der Waals surface area contributed by atoms with Gasteiger partial charge in [0.25, 0.3) is 0 Å². The van der Waals surface area contributed by atoms with Crippen LogP contribution in [0.1, 0.15) is 0 Å². The van der Waals surface area contributed by atoms with Gasteiger partial charge in [-0.3, -0.25) is 0 Å². The summed E-state index contributed by atoms with van der Waals surface area (Å²) in [7, 11) is 0. The first-order chi connectivity index (χ1) is 30.7. The molecule has 0 saturated heterocycles. The molecule has 0 fully saturated rings. The molecule has 0 atom stereocenters. The number of benzene rings is 11. The Bertz CT molecular complexity index is 3550. The zero-order valence-electron chi connectivity index (χ0n) is 33.9. The topological polar surface area (TPSA) is 16.4 Å². The van der Waals surface area contributed by atoms with Crippen molar-refractivity contribution in [3.8, 4) is 44.5 Å². The summed E-state index contributed by atoms with van der Waals surface area (Å²) >= 11 is 0. The average Bonchev–Trinajstić information content (AvgIpc) is 3.74. The summed E-state index contributed by atoms with van der Waals surface area (Å²) in [6.07, 6.45) is 0. The van der Waals surface area contributed by atoms with Gasteiger partial charge in [0.05, 0.1) is 0 Å². The van der Waals surface area contributed by atoms with Crippen molar-refractivity contribution in [1.29, 1.82) is 0 Å². The van der Waals surface area contributed by atoms with E-state index >= 15 is 0 Å². The maximum absolute atomic E-state index is 6.72. The Hall–Kier alpha value is -8.20. The van der Waals surface area contributed by atoms with E-state index in [0.717, 1.165) is 61.3 Å². The van der Waals surface area contributed by atoms with E-state index in [4.69, 9.17) is 4.42 Å². The fourth-order valence-electron chi connectivity index (χ4n) is 9.48. The minimum atomic E-state index is 0.891. The van der Waals surface area contributed by atoms with Gasteiger partial charge in [0.2, 0.25) is 0 Å². The summed E-state index contributed by atoms with van der Waals surface area (Å²) in [6, 6.07) is 85.3. The van der Waals surface area contributed by atoms with Crippen LogP contribution < -0.4 is 4.90 Å². The molecule has 0 saturated carbocycles. The van der Waals surface area contributed by atoms with Crippen molar-refractivity contribution in [3.63, 3.8) is 0 Å². The van der Waals surface area contributed by atoms with E-state index in [1.165, 1.54) is 54.6 Å². The summed E-state index contributed by atoms with van der Waals surface area (Å²) in [5.74, 6) is 0. The van der Waals surface area contributed by atoms with Crippen molar-refractivity contribution in [1.82, 2.24) is 0 Å². The third-order valence-corrected chi connectivity index (χ3v) is 12.5. The van der Waals surface area contributed by atoms with Crippen LogP contribution in [0, 0.1) is 0 Å². The molecule has 1 aromatic heterocycles. The van der Waals surface area contributed by atoms with E-state index in [0.29, 0.717) is 0 Å². The molecule has 62 heavy (non-hydrogen) atoms. The number of furan rings is 1. The number of rotatable bonds is 7. The molecule has 0 spiro atoms. The van der Waals surface area contributed by atoms with Crippen molar-refractivity contribution < 1.29 is 4.42 Å². The van der Waals surface area contributed by atoms with Crippen LogP contribution in [-0.2, 0) is 0 Å². The number of para-hydroxylation sites is 1. The monoisotopic (exact) mass is 789 g/mol. The van der Waals surface area contributed by atoms with E-state index < -0.39 is 0 Å². The van der Waals surface area contributed by atoms with Gasteiger partial charge in [-0.15, -0.1) is 0 Å². The molecular formula is C60H39NO. The Morgan fingerprint density at radius 3 is 1.24 bits per heavy atom. The fourth-order valence-corrected chi connectivity index (χ4v) is 9.48. The second-order valence-corrected chi connectivity index (χ2v) is 16.0. The molecule has 12 rings (SSSR count). The molecule has 0 bridgehead atoms. The Morgan fingerprint density at radius 2 is 0.661 bits per heavy atom. The van der Waals surface area contributed by atoms with E-state index in [9.17, 15) is 0 Å². The Morgan fingerprint density at radius 1 is 0.258 bits per heavy atom. The summed E-state index contributed by atoms with van der Waals surface area (Å²) in [5, 5.41) is 9.79. The lowest BCUT2D eigenvalue weighted by molar-refractivity contribution is 0.670. The SMILES string of the molecule is c1ccc(-c2ccc(-c3c(-c4ccc(N(c5ccc(-c6ccccc6)cc5)c5ccc6c7ccccc7c7ccccc7c6c5)cc4)ccc4c3oc3ccccc34)cc2)cc1. The fraction of sp³-hybridized carbons (Fsp3) is 0. The van der Waals surface area contributed by atoms with Crippen LogP contribution in [0.4, 0.5) is 17.1 Å². The highest BCUT2D eigenvalue weighted by Gasteiger charge is 2.20. The third kappa shape index (κ3) is 6.04. The van der Waals surface area contributed by atoms with Crippen LogP contribution in [0.25, 0.3) is 98.8 Å². The molecule has 0 N–H and O–H groups in total. The number of nitrogens with zero attached hydrogens (tertiary/aromatic N) is 1. The van der Waals surface area contributed by atoms with E-state index in [2.05, 4.69) is 235 Å². The normalized spacial score (nSPS) is 11.5. The van der Waals surface area contributed by atoms with Gasteiger partial charge in [-0.2, -0.15) is 0 Å². The predicted molar refractivity (Wildman–Crippen MR) is 263 cm³/mol. The van der Waals surface area contributed by atoms with Crippen molar-refractivity contribution in [2.75, 3.05) is 4.90 Å². The molecule has 0 aliphatic heterocycles. The quantitative estimate of drug-likeness (QED) is 0.150. The maximum Gasteiger partial charge on any atom is 0.143 e. The Kier molecular flexibility index (Phi) is 8.53. The lowest BCUT2D eigenvalue weighted by Crippen LogP contribution is -2.10. The molecule has 1 heterocycles. The minimum Gasteiger partial charge on any atom is -0.455 e. The maximum atomic E-state index is 6.72. The van der Waals surface area contributed by atoms with Crippen molar-refractivity contribution in [2.45, 2.75) is 0 Å². The van der Waals surface area contributed by atoms with Gasteiger partial charge in [-0.1, -0.05) is 188 Å². The molecule has 0 radical (unpaired) electrons. The van der Waals surface area contributed by atoms with Crippen LogP contribution in [0.2, 0.25) is 0 Å². The Balaban J connectivity index is 1.01. The van der Waals surface area contributed by atoms with E-state index in [1.807, 2.05) is 6.07 Å². The number of hydrogen-bond acceptors (Lipinski definition) is 2. The van der Waals surface area contributed by atoms with Crippen molar-refractivity contribution >= 4 is 71.3 Å². The summed E-state index contributed by atoms with van der Waals surface area (Å²) in [5.41, 5.74) is 14.3. The first-order valence-corrected chi connectivity index (χ1v) is 21.2. The van der Waals surface area contributed by atoms with Crippen LogP contribution in [0.15, 0.2) is 241 Å². The Labute approximate surface area is 360 Å². The number of hydrogen-bond donors (Lipinski definition) is 0. The predicted octanol–water partition coefficient (Wildman–Crippen LogP) is 17.2. The lowest BCUT2D eigenvalue weighted by atomic mass is 9.91. The largest absolute Gasteiger partial charge is 0.455 e. The van der Waals surface area contributed by atoms with Gasteiger partial charge in [0.1, 0.15) is 11.2 Å². The molecule has 2 nitrogen and oxygen atoms in total. The standard InChI is InChI=1S/C60H39NO/c1-3-13-40(14-4-1)42-23-25-45(26-24-42)59-49(37-38-56-55-21-11-12-22-58(55)62-60(56)59)44-29-33-47(34-30-44)61(46-31-27-43(28-32-46)41-15-5-2-6-16-41)48-35-36-54-52-19-8-7-17-50(52)51-18-9-10-20-53(51)57(54)39-48/h1-39H. The molecule has 11 aromatic carbocycles. The summed E-state index contributed by atoms with van der Waals surface area (Å²) < 4.78 is 6.72. The second kappa shape index (κ2) is 14.8. The third-order valence-electron chi connectivity index (χ3n) is 12.5. The molecule has 0 unspecified atom stereocenters. The van der Waals surface area contributed by atoms with Gasteiger partial charge >= 0.3 is 0 Å². The first kappa shape index (κ1) is 35.7.